The number of carbonyl (C=O) groups is 3. The summed E-state index contributed by atoms with van der Waals surface area (Å²) in [5.41, 5.74) is 9.49. The van der Waals surface area contributed by atoms with Crippen molar-refractivity contribution in [1.82, 2.24) is 24.5 Å². The number of carbonyl (C=O) groups excluding carboxylic acids is 3. The molecule has 3 aliphatic rings. The summed E-state index contributed by atoms with van der Waals surface area (Å²) in [5.74, 6) is 0.259. The van der Waals surface area contributed by atoms with Crippen LogP contribution in [0.3, 0.4) is 0 Å². The van der Waals surface area contributed by atoms with Gasteiger partial charge in [-0.3, -0.25) is 19.3 Å². The number of aryl methyl sites for hydroxylation is 1. The Morgan fingerprint density at radius 1 is 1.18 bits per heavy atom. The molecular formula is C30H43N7O3. The second kappa shape index (κ2) is 10.9. The normalized spacial score (nSPS) is 20.2. The second-order valence-corrected chi connectivity index (χ2v) is 12.2. The number of likely N-dealkylation sites (tertiary alicyclic amines) is 1. The van der Waals surface area contributed by atoms with Crippen LogP contribution in [0.25, 0.3) is 5.69 Å². The van der Waals surface area contributed by atoms with E-state index in [-0.39, 0.29) is 23.4 Å². The van der Waals surface area contributed by atoms with Gasteiger partial charge in [-0.1, -0.05) is 13.8 Å². The Bertz CT molecular complexity index is 1310. The summed E-state index contributed by atoms with van der Waals surface area (Å²) in [7, 11) is 0. The van der Waals surface area contributed by atoms with Gasteiger partial charge in [-0.15, -0.1) is 0 Å². The van der Waals surface area contributed by atoms with Gasteiger partial charge in [-0.05, 0) is 77.2 Å². The molecule has 40 heavy (non-hydrogen) atoms. The first-order chi connectivity index (χ1) is 19.0. The molecule has 0 radical (unpaired) electrons. The highest BCUT2D eigenvalue weighted by Gasteiger charge is 2.43. The van der Waals surface area contributed by atoms with Gasteiger partial charge in [0.1, 0.15) is 0 Å². The highest BCUT2D eigenvalue weighted by Crippen LogP contribution is 2.38. The van der Waals surface area contributed by atoms with Crippen LogP contribution >= 0.6 is 0 Å². The number of nitrogens with two attached hydrogens (primary N) is 1. The third-order valence-corrected chi connectivity index (χ3v) is 8.75. The molecule has 1 aromatic heterocycles. The van der Waals surface area contributed by atoms with Crippen LogP contribution in [0.1, 0.15) is 79.1 Å². The SMILES string of the molecule is CCN(CC)CC(=O)N1CC[C@H](Nc2cc(-n3nc(C)c4c3CC(C)(C)N(CC3CC3)C4=O)ccc2C(N)=O)C1. The fourth-order valence-electron chi connectivity index (χ4n) is 6.10. The number of likely N-dealkylation sites (N-methyl/N-ethyl adjacent to an activating group) is 1. The lowest BCUT2D eigenvalue weighted by molar-refractivity contribution is -0.131. The molecule has 10 heteroatoms. The van der Waals surface area contributed by atoms with Crippen LogP contribution in [0.4, 0.5) is 5.69 Å². The summed E-state index contributed by atoms with van der Waals surface area (Å²) < 4.78 is 1.85. The molecule has 1 atom stereocenters. The molecule has 1 saturated heterocycles. The number of benzene rings is 1. The largest absolute Gasteiger partial charge is 0.380 e. The van der Waals surface area contributed by atoms with Gasteiger partial charge in [0.15, 0.2) is 0 Å². The molecule has 1 aromatic carbocycles. The lowest BCUT2D eigenvalue weighted by Gasteiger charge is -2.42. The van der Waals surface area contributed by atoms with Gasteiger partial charge in [0.2, 0.25) is 5.91 Å². The first-order valence-electron chi connectivity index (χ1n) is 14.6. The number of hydrogen-bond donors (Lipinski definition) is 2. The van der Waals surface area contributed by atoms with E-state index in [0.29, 0.717) is 54.5 Å². The number of aromatic nitrogens is 2. The van der Waals surface area contributed by atoms with Crippen molar-refractivity contribution in [2.75, 3.05) is 44.6 Å². The number of fused-ring (bicyclic) bond motifs is 1. The van der Waals surface area contributed by atoms with Crippen LogP contribution in [0, 0.1) is 12.8 Å². The highest BCUT2D eigenvalue weighted by molar-refractivity contribution is 6.00. The van der Waals surface area contributed by atoms with Crippen LogP contribution in [0.2, 0.25) is 0 Å². The van der Waals surface area contributed by atoms with Gasteiger partial charge in [-0.2, -0.15) is 5.10 Å². The van der Waals surface area contributed by atoms with E-state index in [1.165, 1.54) is 12.8 Å². The Morgan fingerprint density at radius 2 is 1.90 bits per heavy atom. The molecule has 1 saturated carbocycles. The van der Waals surface area contributed by atoms with Crippen LogP contribution in [-0.4, -0.2) is 93.1 Å². The molecule has 3 amide bonds. The van der Waals surface area contributed by atoms with E-state index in [9.17, 15) is 14.4 Å². The minimum absolute atomic E-state index is 0.00114. The molecule has 2 fully saturated rings. The van der Waals surface area contributed by atoms with Crippen LogP contribution in [0.15, 0.2) is 18.2 Å². The molecule has 5 rings (SSSR count). The summed E-state index contributed by atoms with van der Waals surface area (Å²) >= 11 is 0. The predicted octanol–water partition coefficient (Wildman–Crippen LogP) is 2.82. The molecule has 1 aliphatic carbocycles. The summed E-state index contributed by atoms with van der Waals surface area (Å²) in [6.45, 7) is 14.4. The summed E-state index contributed by atoms with van der Waals surface area (Å²) in [5, 5.41) is 8.29. The topological polar surface area (TPSA) is 117 Å². The van der Waals surface area contributed by atoms with E-state index < -0.39 is 5.91 Å². The number of amides is 3. The number of anilines is 1. The number of rotatable bonds is 10. The van der Waals surface area contributed by atoms with Crippen LogP contribution in [-0.2, 0) is 11.2 Å². The Morgan fingerprint density at radius 3 is 2.55 bits per heavy atom. The Labute approximate surface area is 236 Å². The van der Waals surface area contributed by atoms with Gasteiger partial charge < -0.3 is 20.9 Å². The molecular weight excluding hydrogens is 506 g/mol. The third kappa shape index (κ3) is 5.46. The van der Waals surface area contributed by atoms with Crippen molar-refractivity contribution in [3.63, 3.8) is 0 Å². The standard InChI is InChI=1S/C30H43N7O3/c1-6-34(7-2)18-26(38)35-13-12-21(17-35)32-24-14-22(10-11-23(24)28(31)39)37-25-15-30(4,5)36(16-20-8-9-20)29(40)27(25)19(3)33-37/h10-11,14,20-21,32H,6-9,12-13,15-18H2,1-5H3,(H2,31,39)/t21-/m0/s1. The fraction of sp³-hybridized carbons (Fsp3) is 0.600. The Kier molecular flexibility index (Phi) is 7.65. The fourth-order valence-corrected chi connectivity index (χ4v) is 6.10. The van der Waals surface area contributed by atoms with E-state index in [1.807, 2.05) is 33.5 Å². The maximum absolute atomic E-state index is 13.7. The lowest BCUT2D eigenvalue weighted by atomic mass is 9.87. The monoisotopic (exact) mass is 549 g/mol. The average molecular weight is 550 g/mol. The summed E-state index contributed by atoms with van der Waals surface area (Å²) in [6.07, 6.45) is 3.85. The van der Waals surface area contributed by atoms with E-state index >= 15 is 0 Å². The smallest absolute Gasteiger partial charge is 0.258 e. The molecule has 3 N–H and O–H groups in total. The van der Waals surface area contributed by atoms with Gasteiger partial charge in [-0.25, -0.2) is 4.68 Å². The predicted molar refractivity (Wildman–Crippen MR) is 155 cm³/mol. The van der Waals surface area contributed by atoms with Crippen LogP contribution in [0.5, 0.6) is 0 Å². The quantitative estimate of drug-likeness (QED) is 0.471. The van der Waals surface area contributed by atoms with Crippen LogP contribution < -0.4 is 11.1 Å². The number of hydrogen-bond acceptors (Lipinski definition) is 6. The van der Waals surface area contributed by atoms with E-state index in [4.69, 9.17) is 10.8 Å². The first kappa shape index (κ1) is 28.1. The van der Waals surface area contributed by atoms with Crippen molar-refractivity contribution in [3.8, 4) is 5.69 Å². The summed E-state index contributed by atoms with van der Waals surface area (Å²) in [4.78, 5) is 44.9. The van der Waals surface area contributed by atoms with E-state index in [2.05, 4.69) is 37.9 Å². The maximum Gasteiger partial charge on any atom is 0.258 e. The maximum atomic E-state index is 13.7. The molecule has 0 bridgehead atoms. The molecule has 216 valence electrons. The van der Waals surface area contributed by atoms with Gasteiger partial charge >= 0.3 is 0 Å². The molecule has 3 heterocycles. The molecule has 10 nitrogen and oxygen atoms in total. The van der Waals surface area contributed by atoms with Gasteiger partial charge in [0.25, 0.3) is 11.8 Å². The first-order valence-corrected chi connectivity index (χ1v) is 14.6. The molecule has 2 aliphatic heterocycles. The zero-order valence-electron chi connectivity index (χ0n) is 24.5. The van der Waals surface area contributed by atoms with Gasteiger partial charge in [0.05, 0.1) is 34.7 Å². The zero-order chi connectivity index (χ0) is 28.8. The molecule has 0 spiro atoms. The molecule has 2 aromatic rings. The Balaban J connectivity index is 1.40. The Hall–Kier alpha value is -3.40. The van der Waals surface area contributed by atoms with Crippen molar-refractivity contribution in [2.24, 2.45) is 11.7 Å². The van der Waals surface area contributed by atoms with Gasteiger partial charge in [0, 0.05) is 43.3 Å². The number of primary amides is 1. The average Bonchev–Trinajstić information content (AvgIpc) is 3.52. The minimum Gasteiger partial charge on any atom is -0.380 e. The number of nitrogens with zero attached hydrogens (tertiary/aromatic N) is 5. The molecule has 0 unspecified atom stereocenters. The van der Waals surface area contributed by atoms with Crippen molar-refractivity contribution < 1.29 is 14.4 Å². The minimum atomic E-state index is -0.521. The van der Waals surface area contributed by atoms with E-state index in [1.54, 1.807) is 6.07 Å². The van der Waals surface area contributed by atoms with E-state index in [0.717, 1.165) is 37.4 Å². The summed E-state index contributed by atoms with van der Waals surface area (Å²) in [6, 6.07) is 5.44. The zero-order valence-corrected chi connectivity index (χ0v) is 24.5. The van der Waals surface area contributed by atoms with Crippen molar-refractivity contribution >= 4 is 23.4 Å². The lowest BCUT2D eigenvalue weighted by Crippen LogP contribution is -2.53. The second-order valence-electron chi connectivity index (χ2n) is 12.2. The highest BCUT2D eigenvalue weighted by atomic mass is 16.2. The van der Waals surface area contributed by atoms with Crippen molar-refractivity contribution in [3.05, 3.63) is 40.7 Å². The van der Waals surface area contributed by atoms with Crippen molar-refractivity contribution in [1.29, 1.82) is 0 Å². The van der Waals surface area contributed by atoms with Crippen molar-refractivity contribution in [2.45, 2.75) is 71.9 Å². The number of nitrogens with one attached hydrogen (secondary N) is 1. The third-order valence-electron chi connectivity index (χ3n) is 8.75.